The van der Waals surface area contributed by atoms with Crippen molar-refractivity contribution in [3.8, 4) is 5.75 Å². The van der Waals surface area contributed by atoms with Gasteiger partial charge in [-0.3, -0.25) is 43.3 Å². The SMILES string of the molecule is CN1C(=O)[C@@H](Cc2ccc(O)c(I)c2)NC(=O)CNC(=O)[C@H](Cc2ccc3ccccc3c2)NC(=O)[C@H](CCCN=C(N)N)NC(=O)[C@H]1CCCNC(=O)CCCCCNC(=O)C(N)CCCCC(=O)O. The van der Waals surface area contributed by atoms with Gasteiger partial charge in [-0.25, -0.2) is 0 Å². The number of carbonyl (C=O) groups excluding carboxylic acids is 7. The van der Waals surface area contributed by atoms with Crippen molar-refractivity contribution in [3.05, 3.63) is 75.4 Å². The van der Waals surface area contributed by atoms with E-state index in [1.54, 1.807) is 12.1 Å². The highest BCUT2D eigenvalue weighted by Gasteiger charge is 2.35. The van der Waals surface area contributed by atoms with E-state index in [0.717, 1.165) is 16.3 Å². The van der Waals surface area contributed by atoms with Gasteiger partial charge in [0.15, 0.2) is 5.96 Å². The highest BCUT2D eigenvalue weighted by Crippen LogP contribution is 2.22. The van der Waals surface area contributed by atoms with E-state index in [1.807, 2.05) is 65.1 Å². The number of phenols is 1. The van der Waals surface area contributed by atoms with Crippen LogP contribution in [0, 0.1) is 3.57 Å². The van der Waals surface area contributed by atoms with Crippen LogP contribution in [0.3, 0.4) is 0 Å². The lowest BCUT2D eigenvalue weighted by Gasteiger charge is -2.32. The zero-order chi connectivity index (χ0) is 51.9. The summed E-state index contributed by atoms with van der Waals surface area (Å²) in [6, 6.07) is 12.4. The van der Waals surface area contributed by atoms with Crippen molar-refractivity contribution < 1.29 is 48.6 Å². The molecule has 71 heavy (non-hydrogen) atoms. The number of unbranched alkanes of at least 4 members (excludes halogenated alkanes) is 3. The third-order valence-electron chi connectivity index (χ3n) is 11.9. The summed E-state index contributed by atoms with van der Waals surface area (Å²) >= 11 is 1.94. The van der Waals surface area contributed by atoms with Gasteiger partial charge in [-0.15, -0.1) is 0 Å². The maximum atomic E-state index is 14.5. The minimum Gasteiger partial charge on any atom is -0.507 e. The molecule has 1 aliphatic rings. The Morgan fingerprint density at radius 2 is 1.44 bits per heavy atom. The Bertz CT molecular complexity index is 2360. The van der Waals surface area contributed by atoms with Crippen LogP contribution in [0.1, 0.15) is 88.2 Å². The molecule has 3 aromatic rings. The Balaban J connectivity index is 1.50. The first kappa shape index (κ1) is 57.0. The fraction of sp³-hybridized carbons (Fsp3) is 0.490. The van der Waals surface area contributed by atoms with Gasteiger partial charge < -0.3 is 64.2 Å². The molecule has 4 rings (SSSR count). The monoisotopic (exact) mass is 1100 g/mol. The summed E-state index contributed by atoms with van der Waals surface area (Å²) < 4.78 is 0.504. The Hall–Kier alpha value is -6.56. The quantitative estimate of drug-likeness (QED) is 0.0258. The van der Waals surface area contributed by atoms with Gasteiger partial charge in [0.2, 0.25) is 41.4 Å². The van der Waals surface area contributed by atoms with Crippen molar-refractivity contribution in [2.75, 3.05) is 33.2 Å². The standard InChI is InChI=1S/C49H68IN11O10/c1-61-39(15-10-23-54-41(63)16-3-2-8-22-55-44(67)35(51)13-6-7-17-43(65)66)47(70)59-36(14-9-24-56-49(52)53)46(69)60-37(27-30-18-20-32-11-4-5-12-33(32)25-30)45(68)57-29-42(64)58-38(48(61)71)28-31-19-21-40(62)34(50)26-31/h4-5,11-12,18-21,25-26,35-39,62H,2-3,6-10,13-17,22-24,27-29,51H2,1H3,(H,54,63)(H,55,67)(H,57,68)(H,58,64)(H,59,70)(H,60,69)(H,65,66)(H4,52,53,56)/t35?,36-,37-,38+,39+/m0/s1. The van der Waals surface area contributed by atoms with Gasteiger partial charge >= 0.3 is 5.97 Å². The van der Waals surface area contributed by atoms with E-state index >= 15 is 0 Å². The molecule has 386 valence electrons. The van der Waals surface area contributed by atoms with Crippen LogP contribution in [0.15, 0.2) is 65.7 Å². The molecular formula is C49H68IN11O10. The van der Waals surface area contributed by atoms with E-state index in [0.29, 0.717) is 54.2 Å². The van der Waals surface area contributed by atoms with Crippen molar-refractivity contribution in [1.29, 1.82) is 0 Å². The van der Waals surface area contributed by atoms with Crippen LogP contribution in [0.4, 0.5) is 0 Å². The normalized spacial score (nSPS) is 18.5. The number of amides is 7. The lowest BCUT2D eigenvalue weighted by Crippen LogP contribution is -2.58. The van der Waals surface area contributed by atoms with Crippen LogP contribution in [-0.2, 0) is 51.2 Å². The molecular weight excluding hydrogens is 1030 g/mol. The minimum atomic E-state index is -1.24. The van der Waals surface area contributed by atoms with Gasteiger partial charge in [0.25, 0.3) is 0 Å². The number of fused-ring (bicyclic) bond motifs is 1. The largest absolute Gasteiger partial charge is 0.507 e. The summed E-state index contributed by atoms with van der Waals surface area (Å²) in [5, 5.41) is 37.4. The molecule has 22 heteroatoms. The molecule has 1 heterocycles. The number of hydrogen-bond acceptors (Lipinski definition) is 11. The van der Waals surface area contributed by atoms with Crippen molar-refractivity contribution in [3.63, 3.8) is 0 Å². The van der Waals surface area contributed by atoms with Gasteiger partial charge in [0.1, 0.15) is 29.9 Å². The van der Waals surface area contributed by atoms with Crippen molar-refractivity contribution in [2.24, 2.45) is 22.2 Å². The third kappa shape index (κ3) is 20.0. The molecule has 7 amide bonds. The molecule has 5 atom stereocenters. The first-order valence-corrected chi connectivity index (χ1v) is 25.0. The number of aliphatic carboxylic acids is 1. The Morgan fingerprint density at radius 1 is 0.761 bits per heavy atom. The minimum absolute atomic E-state index is 0.0229. The van der Waals surface area contributed by atoms with Crippen LogP contribution in [0.25, 0.3) is 10.8 Å². The molecule has 3 aromatic carbocycles. The fourth-order valence-corrected chi connectivity index (χ4v) is 8.57. The number of aliphatic imine (C=N–C) groups is 1. The molecule has 0 radical (unpaired) electrons. The van der Waals surface area contributed by atoms with E-state index in [9.17, 15) is 43.5 Å². The number of rotatable bonds is 24. The Kier molecular flexibility index (Phi) is 23.8. The number of halogens is 1. The molecule has 21 nitrogen and oxygen atoms in total. The van der Waals surface area contributed by atoms with Gasteiger partial charge in [-0.2, -0.15) is 0 Å². The number of carboxylic acid groups (broad SMARTS) is 1. The van der Waals surface area contributed by atoms with E-state index in [1.165, 1.54) is 18.0 Å². The summed E-state index contributed by atoms with van der Waals surface area (Å²) in [6.45, 7) is 0.0946. The number of benzene rings is 3. The molecule has 1 saturated heterocycles. The number of likely N-dealkylation sites (N-methyl/N-ethyl adjacent to an activating group) is 1. The average Bonchev–Trinajstić information content (AvgIpc) is 3.33. The summed E-state index contributed by atoms with van der Waals surface area (Å²) in [6.07, 6.45) is 3.89. The van der Waals surface area contributed by atoms with Gasteiger partial charge in [0.05, 0.1) is 16.2 Å². The summed E-state index contributed by atoms with van der Waals surface area (Å²) in [5.74, 6) is -5.01. The summed E-state index contributed by atoms with van der Waals surface area (Å²) in [7, 11) is 1.41. The molecule has 0 bridgehead atoms. The number of nitrogens with two attached hydrogens (primary N) is 3. The highest BCUT2D eigenvalue weighted by molar-refractivity contribution is 14.1. The molecule has 0 aromatic heterocycles. The summed E-state index contributed by atoms with van der Waals surface area (Å²) in [4.78, 5) is 112. The van der Waals surface area contributed by atoms with E-state index in [-0.39, 0.29) is 88.0 Å². The van der Waals surface area contributed by atoms with E-state index in [2.05, 4.69) is 36.9 Å². The number of carbonyl (C=O) groups is 8. The van der Waals surface area contributed by atoms with Crippen LogP contribution in [0.5, 0.6) is 5.75 Å². The summed E-state index contributed by atoms with van der Waals surface area (Å²) in [5.41, 5.74) is 18.3. The predicted molar refractivity (Wildman–Crippen MR) is 275 cm³/mol. The van der Waals surface area contributed by atoms with Crippen molar-refractivity contribution in [2.45, 2.75) is 120 Å². The number of nitrogens with zero attached hydrogens (tertiary/aromatic N) is 2. The zero-order valence-electron chi connectivity index (χ0n) is 40.1. The highest BCUT2D eigenvalue weighted by atomic mass is 127. The maximum Gasteiger partial charge on any atom is 0.303 e. The average molecular weight is 1100 g/mol. The number of guanidine groups is 1. The van der Waals surface area contributed by atoms with Crippen molar-refractivity contribution >= 4 is 86.6 Å². The maximum absolute atomic E-state index is 14.5. The molecule has 14 N–H and O–H groups in total. The van der Waals surface area contributed by atoms with Crippen molar-refractivity contribution in [1.82, 2.24) is 36.8 Å². The topological polar surface area (TPSA) is 343 Å². The fourth-order valence-electron chi connectivity index (χ4n) is 7.99. The van der Waals surface area contributed by atoms with E-state index < -0.39 is 72.3 Å². The van der Waals surface area contributed by atoms with Gasteiger partial charge in [-0.05, 0) is 108 Å². The van der Waals surface area contributed by atoms with Crippen LogP contribution in [0.2, 0.25) is 0 Å². The number of carboxylic acids is 1. The van der Waals surface area contributed by atoms with Crippen LogP contribution in [-0.4, -0.2) is 132 Å². The molecule has 1 aliphatic heterocycles. The second-order valence-electron chi connectivity index (χ2n) is 17.6. The Morgan fingerprint density at radius 3 is 2.17 bits per heavy atom. The van der Waals surface area contributed by atoms with Crippen LogP contribution >= 0.6 is 22.6 Å². The number of nitrogens with one attached hydrogen (secondary N) is 6. The number of hydrogen-bond donors (Lipinski definition) is 11. The third-order valence-corrected chi connectivity index (χ3v) is 12.8. The molecule has 1 fully saturated rings. The van der Waals surface area contributed by atoms with Gasteiger partial charge in [-0.1, -0.05) is 61.4 Å². The molecule has 1 unspecified atom stereocenters. The number of aromatic hydroxyl groups is 1. The predicted octanol–water partition coefficient (Wildman–Crippen LogP) is 0.945. The van der Waals surface area contributed by atoms with Gasteiger partial charge in [0, 0.05) is 52.4 Å². The van der Waals surface area contributed by atoms with E-state index in [4.69, 9.17) is 22.3 Å². The number of phenolic OH excluding ortho intramolecular Hbond substituents is 1. The molecule has 0 saturated carbocycles. The Labute approximate surface area is 426 Å². The molecule has 0 spiro atoms. The lowest BCUT2D eigenvalue weighted by molar-refractivity contribution is -0.142. The second-order valence-corrected chi connectivity index (χ2v) is 18.8. The van der Waals surface area contributed by atoms with Crippen LogP contribution < -0.4 is 49.1 Å². The zero-order valence-corrected chi connectivity index (χ0v) is 42.2. The first-order valence-electron chi connectivity index (χ1n) is 23.9. The first-order chi connectivity index (χ1) is 33.9. The lowest BCUT2D eigenvalue weighted by atomic mass is 10.00. The second kappa shape index (κ2) is 29.6. The smallest absolute Gasteiger partial charge is 0.303 e. The molecule has 0 aliphatic carbocycles.